The molecule has 13 heteroatoms. The van der Waals surface area contributed by atoms with Crippen molar-refractivity contribution < 1.29 is 19.0 Å². The van der Waals surface area contributed by atoms with E-state index in [-0.39, 0.29) is 18.6 Å². The summed E-state index contributed by atoms with van der Waals surface area (Å²) in [4.78, 5) is 20.2. The summed E-state index contributed by atoms with van der Waals surface area (Å²) in [5.74, 6) is -0.112. The molecule has 11 nitrogen and oxygen atoms in total. The van der Waals surface area contributed by atoms with E-state index in [1.807, 2.05) is 22.7 Å². The number of nitrogens with zero attached hydrogens (tertiary/aromatic N) is 8. The largest absolute Gasteiger partial charge is 0.479 e. The molecular weight excluding hydrogens is 551 g/mol. The van der Waals surface area contributed by atoms with Gasteiger partial charge in [-0.25, -0.2) is 13.6 Å². The molecule has 4 aromatic rings. The van der Waals surface area contributed by atoms with Crippen LogP contribution in [-0.4, -0.2) is 89.2 Å². The van der Waals surface area contributed by atoms with Crippen LogP contribution in [0.4, 0.5) is 4.39 Å². The Morgan fingerprint density at radius 3 is 2.71 bits per heavy atom. The molecule has 41 heavy (non-hydrogen) atoms. The summed E-state index contributed by atoms with van der Waals surface area (Å²) in [6.45, 7) is 8.35. The first kappa shape index (κ1) is 27.3. The van der Waals surface area contributed by atoms with Gasteiger partial charge in [-0.15, -0.1) is 5.10 Å². The smallest absolute Gasteiger partial charge is 0.246 e. The van der Waals surface area contributed by atoms with E-state index in [1.54, 1.807) is 10.6 Å². The Bertz CT molecular complexity index is 1580. The van der Waals surface area contributed by atoms with E-state index in [0.717, 1.165) is 56.5 Å². The number of carbonyl (C=O) groups is 1. The Labute approximate surface area is 240 Å². The Morgan fingerprint density at radius 2 is 2.02 bits per heavy atom. The van der Waals surface area contributed by atoms with Gasteiger partial charge in [0.1, 0.15) is 22.8 Å². The molecular formula is C28H30ClFN8O3. The lowest BCUT2D eigenvalue weighted by Gasteiger charge is -2.46. The molecule has 1 N–H and O–H groups in total. The molecule has 0 bridgehead atoms. The van der Waals surface area contributed by atoms with Crippen LogP contribution >= 0.6 is 11.6 Å². The van der Waals surface area contributed by atoms with Gasteiger partial charge in [0.25, 0.3) is 0 Å². The Hall–Kier alpha value is -3.87. The number of rotatable bonds is 8. The molecule has 0 unspecified atom stereocenters. The number of aromatic nitrogens is 6. The molecule has 1 saturated heterocycles. The maximum absolute atomic E-state index is 13.4. The van der Waals surface area contributed by atoms with Gasteiger partial charge in [0, 0.05) is 44.0 Å². The van der Waals surface area contributed by atoms with Crippen LogP contribution in [0.3, 0.4) is 0 Å². The van der Waals surface area contributed by atoms with Crippen molar-refractivity contribution >= 4 is 23.0 Å². The fourth-order valence-electron chi connectivity index (χ4n) is 5.64. The van der Waals surface area contributed by atoms with Gasteiger partial charge >= 0.3 is 0 Å². The van der Waals surface area contributed by atoms with Crippen LogP contribution in [0.1, 0.15) is 36.4 Å². The number of pyridine rings is 2. The zero-order valence-corrected chi connectivity index (χ0v) is 23.3. The minimum atomic E-state index is -0.846. The van der Waals surface area contributed by atoms with Gasteiger partial charge in [0.05, 0.1) is 41.5 Å². The van der Waals surface area contributed by atoms with Gasteiger partial charge in [-0.05, 0) is 44.0 Å². The number of aliphatic hydroxyl groups excluding tert-OH is 1. The van der Waals surface area contributed by atoms with Crippen LogP contribution in [0.15, 0.2) is 49.4 Å². The predicted octanol–water partition coefficient (Wildman–Crippen LogP) is 3.23. The Kier molecular flexibility index (Phi) is 7.45. The molecule has 1 amide bonds. The summed E-state index contributed by atoms with van der Waals surface area (Å²) >= 11 is 6.43. The van der Waals surface area contributed by atoms with E-state index in [2.05, 4.69) is 31.9 Å². The minimum Gasteiger partial charge on any atom is -0.479 e. The highest BCUT2D eigenvalue weighted by atomic mass is 35.5. The number of fused-ring (bicyclic) bond motifs is 1. The number of ether oxygens (including phenoxy) is 1. The van der Waals surface area contributed by atoms with Crippen molar-refractivity contribution in [1.29, 1.82) is 0 Å². The quantitative estimate of drug-likeness (QED) is 0.316. The second-order valence-corrected chi connectivity index (χ2v) is 10.8. The highest BCUT2D eigenvalue weighted by Crippen LogP contribution is 2.39. The van der Waals surface area contributed by atoms with Gasteiger partial charge in [-0.2, -0.15) is 5.10 Å². The van der Waals surface area contributed by atoms with Gasteiger partial charge in [-0.1, -0.05) is 23.4 Å². The second-order valence-electron chi connectivity index (χ2n) is 10.4. The van der Waals surface area contributed by atoms with E-state index in [9.17, 15) is 14.3 Å². The van der Waals surface area contributed by atoms with Crippen LogP contribution < -0.4 is 4.74 Å². The van der Waals surface area contributed by atoms with Crippen molar-refractivity contribution in [1.82, 2.24) is 39.4 Å². The summed E-state index contributed by atoms with van der Waals surface area (Å²) in [5, 5.41) is 23.8. The number of halogens is 2. The highest BCUT2D eigenvalue weighted by Gasteiger charge is 2.38. The van der Waals surface area contributed by atoms with Crippen molar-refractivity contribution in [2.45, 2.75) is 38.0 Å². The highest BCUT2D eigenvalue weighted by molar-refractivity contribution is 6.34. The lowest BCUT2D eigenvalue weighted by molar-refractivity contribution is -0.128. The average molecular weight is 581 g/mol. The van der Waals surface area contributed by atoms with Gasteiger partial charge in [-0.3, -0.25) is 14.7 Å². The van der Waals surface area contributed by atoms with Gasteiger partial charge in [0.2, 0.25) is 5.91 Å². The monoisotopic (exact) mass is 580 g/mol. The van der Waals surface area contributed by atoms with Crippen molar-refractivity contribution in [2.75, 3.05) is 32.8 Å². The van der Waals surface area contributed by atoms with Crippen molar-refractivity contribution in [3.63, 3.8) is 0 Å². The molecule has 2 fully saturated rings. The molecule has 0 aromatic carbocycles. The van der Waals surface area contributed by atoms with Gasteiger partial charge < -0.3 is 14.7 Å². The number of amides is 1. The molecule has 4 aromatic heterocycles. The summed E-state index contributed by atoms with van der Waals surface area (Å²) in [7, 11) is 0. The van der Waals surface area contributed by atoms with E-state index in [0.29, 0.717) is 33.7 Å². The number of hydrogen-bond donors (Lipinski definition) is 1. The molecule has 214 valence electrons. The lowest BCUT2D eigenvalue weighted by Crippen LogP contribution is -2.55. The topological polar surface area (TPSA) is 114 Å². The minimum absolute atomic E-state index is 0.00922. The zero-order valence-electron chi connectivity index (χ0n) is 22.5. The van der Waals surface area contributed by atoms with Crippen LogP contribution in [0.5, 0.6) is 5.75 Å². The fourth-order valence-corrected chi connectivity index (χ4v) is 5.86. The first-order valence-corrected chi connectivity index (χ1v) is 13.9. The summed E-state index contributed by atoms with van der Waals surface area (Å²) in [6.07, 6.45) is 6.86. The first-order valence-electron chi connectivity index (χ1n) is 13.5. The standard InChI is InChI=1S/C28H30ClFN8O3/c1-3-26(40)36-8-6-35(7-9-36)20-11-21(12-20)38-17(2)27(33-34-38)18-10-24(28-22(29)14-32-37(28)15-18)41-25(16-39)23-5-4-19(30)13-31-23/h3-5,10,13-15,20-21,25,39H,1,6-9,11-12,16H2,2H3/t20?,21?,25-/m1/s1. The second kappa shape index (κ2) is 11.2. The third-order valence-corrected chi connectivity index (χ3v) is 8.28. The van der Waals surface area contributed by atoms with Crippen molar-refractivity contribution in [3.05, 3.63) is 71.7 Å². The number of carbonyl (C=O) groups excluding carboxylic acids is 1. The summed E-state index contributed by atoms with van der Waals surface area (Å²) in [6, 6.07) is 5.21. The molecule has 1 saturated carbocycles. The zero-order chi connectivity index (χ0) is 28.7. The van der Waals surface area contributed by atoms with Crippen LogP contribution in [0, 0.1) is 12.7 Å². The number of hydrogen-bond acceptors (Lipinski definition) is 8. The third kappa shape index (κ3) is 5.18. The van der Waals surface area contributed by atoms with Crippen LogP contribution in [0.2, 0.25) is 5.02 Å². The number of piperazine rings is 1. The first-order chi connectivity index (χ1) is 19.9. The Balaban J connectivity index is 1.20. The van der Waals surface area contributed by atoms with E-state index >= 15 is 0 Å². The maximum atomic E-state index is 13.4. The molecule has 0 spiro atoms. The summed E-state index contributed by atoms with van der Waals surface area (Å²) in [5.41, 5.74) is 3.22. The maximum Gasteiger partial charge on any atom is 0.246 e. The molecule has 5 heterocycles. The molecule has 2 aliphatic rings. The van der Waals surface area contributed by atoms with Crippen molar-refractivity contribution in [3.8, 4) is 17.0 Å². The van der Waals surface area contributed by atoms with E-state index < -0.39 is 11.9 Å². The summed E-state index contributed by atoms with van der Waals surface area (Å²) < 4.78 is 23.2. The average Bonchev–Trinajstić information content (AvgIpc) is 3.53. The predicted molar refractivity (Wildman–Crippen MR) is 149 cm³/mol. The number of aliphatic hydroxyl groups is 1. The molecule has 0 radical (unpaired) electrons. The third-order valence-electron chi connectivity index (χ3n) is 8.00. The van der Waals surface area contributed by atoms with E-state index in [4.69, 9.17) is 16.3 Å². The fraction of sp³-hybridized carbons (Fsp3) is 0.393. The molecule has 1 aliphatic heterocycles. The molecule has 1 atom stereocenters. The van der Waals surface area contributed by atoms with Gasteiger partial charge in [0.15, 0.2) is 6.10 Å². The Morgan fingerprint density at radius 1 is 1.24 bits per heavy atom. The van der Waals surface area contributed by atoms with Crippen LogP contribution in [-0.2, 0) is 4.79 Å². The SMILES string of the molecule is C=CC(=O)N1CCN(C2CC(n3nnc(-c4cc(O[C@H](CO)c5ccc(F)cn5)c5c(Cl)cnn5c4)c3C)C2)CC1. The van der Waals surface area contributed by atoms with E-state index in [1.165, 1.54) is 24.4 Å². The van der Waals surface area contributed by atoms with Crippen LogP contribution in [0.25, 0.3) is 16.8 Å². The lowest BCUT2D eigenvalue weighted by atomic mass is 9.85. The van der Waals surface area contributed by atoms with Crippen molar-refractivity contribution in [2.24, 2.45) is 0 Å². The normalized spacial score (nSPS) is 20.1. The molecule has 6 rings (SSSR count). The molecule has 1 aliphatic carbocycles.